The van der Waals surface area contributed by atoms with E-state index in [1.54, 1.807) is 0 Å². The molecule has 0 aliphatic heterocycles. The molecule has 3 N–H and O–H groups in total. The van der Waals surface area contributed by atoms with Gasteiger partial charge in [-0.3, -0.25) is 0 Å². The Morgan fingerprint density at radius 1 is 0.886 bits per heavy atom. The third-order valence-electron chi connectivity index (χ3n) is 9.89. The minimum absolute atomic E-state index is 0.119. The van der Waals surface area contributed by atoms with Crippen LogP contribution in [-0.4, -0.2) is 23.7 Å². The fourth-order valence-corrected chi connectivity index (χ4v) is 8.82. The summed E-state index contributed by atoms with van der Waals surface area (Å²) < 4.78 is 6.71. The molecule has 0 heterocycles. The van der Waals surface area contributed by atoms with E-state index in [4.69, 9.17) is 22.7 Å². The van der Waals surface area contributed by atoms with Gasteiger partial charge in [0.05, 0.1) is 17.7 Å². The molecule has 0 amide bonds. The van der Waals surface area contributed by atoms with Crippen LogP contribution in [0.4, 0.5) is 0 Å². The average molecular weight is 489 g/mol. The Hall–Kier alpha value is -1.75. The zero-order valence-electron chi connectivity index (χ0n) is 20.8. The lowest BCUT2D eigenvalue weighted by atomic mass is 9.42. The average Bonchev–Trinajstić information content (AvgIpc) is 2.89. The van der Waals surface area contributed by atoms with Gasteiger partial charge >= 0.3 is 0 Å². The zero-order chi connectivity index (χ0) is 23.9. The number of ether oxygens (including phenoxy) is 1. The summed E-state index contributed by atoms with van der Waals surface area (Å²) >= 11 is 6.29. The first-order valence-electron chi connectivity index (χ1n) is 13.8. The Morgan fingerprint density at radius 2 is 1.51 bits per heavy atom. The second-order valence-corrected chi connectivity index (χ2v) is 12.5. The van der Waals surface area contributed by atoms with Gasteiger partial charge in [0, 0.05) is 11.5 Å². The van der Waals surface area contributed by atoms with Crippen molar-refractivity contribution >= 4 is 17.2 Å². The molecule has 0 aromatic heterocycles. The van der Waals surface area contributed by atoms with E-state index in [0.717, 1.165) is 18.1 Å². The molecule has 3 nitrogen and oxygen atoms in total. The number of hydrogen-bond donors (Lipinski definition) is 2. The predicted molar refractivity (Wildman–Crippen MR) is 146 cm³/mol. The summed E-state index contributed by atoms with van der Waals surface area (Å²) in [6.45, 7) is 1.55. The zero-order valence-corrected chi connectivity index (χ0v) is 21.6. The van der Waals surface area contributed by atoms with Crippen LogP contribution in [0.25, 0.3) is 0 Å². The van der Waals surface area contributed by atoms with Gasteiger partial charge in [-0.25, -0.2) is 0 Å². The third-order valence-corrected chi connectivity index (χ3v) is 10.4. The Kier molecular flexibility index (Phi) is 6.49. The van der Waals surface area contributed by atoms with Crippen LogP contribution in [0.3, 0.4) is 0 Å². The first-order chi connectivity index (χ1) is 17.1. The standard InChI is InChI=1S/C31H40N2OS/c32-19-22-11-13-27(14-12-22)33-29(35)31-17-24-15-30(21-31,26-9-5-2-6-10-26)16-25(18-31)28(24)34-20-23-7-3-1-4-8-23/h1-10,22,24-25,27-28H,11-21,32H2,(H,33,35)/t22-,24?,25?,27-,28?,30?,31?. The van der Waals surface area contributed by atoms with Crippen LogP contribution >= 0.6 is 12.2 Å². The monoisotopic (exact) mass is 488 g/mol. The van der Waals surface area contributed by atoms with E-state index in [1.165, 1.54) is 68.9 Å². The van der Waals surface area contributed by atoms with Crippen molar-refractivity contribution in [1.29, 1.82) is 0 Å². The SMILES string of the molecule is NC[C@H]1CC[C@H](NC(=S)C23CC4CC(c5ccccc5)(CC(C2)C4OCc2ccccc2)C3)CC1. The second kappa shape index (κ2) is 9.61. The topological polar surface area (TPSA) is 47.3 Å². The Bertz CT molecular complexity index is 1000. The van der Waals surface area contributed by atoms with E-state index in [9.17, 15) is 0 Å². The summed E-state index contributed by atoms with van der Waals surface area (Å²) in [5, 5.41) is 3.91. The van der Waals surface area contributed by atoms with Gasteiger partial charge in [0.2, 0.25) is 0 Å². The van der Waals surface area contributed by atoms with Gasteiger partial charge in [0.25, 0.3) is 0 Å². The van der Waals surface area contributed by atoms with Crippen LogP contribution in [0, 0.1) is 23.2 Å². The Labute approximate surface area is 216 Å². The van der Waals surface area contributed by atoms with Gasteiger partial charge in [0.1, 0.15) is 0 Å². The van der Waals surface area contributed by atoms with Gasteiger partial charge in [-0.05, 0) is 98.6 Å². The van der Waals surface area contributed by atoms with E-state index in [1.807, 2.05) is 0 Å². The molecule has 2 unspecified atom stereocenters. The highest BCUT2D eigenvalue weighted by atomic mass is 32.1. The van der Waals surface area contributed by atoms with Crippen LogP contribution in [0.5, 0.6) is 0 Å². The smallest absolute Gasteiger partial charge is 0.0818 e. The van der Waals surface area contributed by atoms with Gasteiger partial charge in [0.15, 0.2) is 0 Å². The fourth-order valence-electron chi connectivity index (χ4n) is 8.42. The molecule has 2 aromatic rings. The molecule has 186 valence electrons. The Morgan fingerprint density at radius 3 is 2.14 bits per heavy atom. The van der Waals surface area contributed by atoms with E-state index in [0.29, 0.717) is 29.9 Å². The number of hydrogen-bond acceptors (Lipinski definition) is 3. The maximum absolute atomic E-state index is 6.71. The van der Waals surface area contributed by atoms with Crippen molar-refractivity contribution in [3.8, 4) is 0 Å². The lowest BCUT2D eigenvalue weighted by Gasteiger charge is -2.65. The molecule has 5 aliphatic carbocycles. The van der Waals surface area contributed by atoms with Crippen LogP contribution in [-0.2, 0) is 16.8 Å². The summed E-state index contributed by atoms with van der Waals surface area (Å²) in [5.74, 6) is 1.85. The Balaban J connectivity index is 1.23. The number of nitrogens with two attached hydrogens (primary N) is 1. The summed E-state index contributed by atoms with van der Waals surface area (Å²) in [4.78, 5) is 1.16. The van der Waals surface area contributed by atoms with E-state index >= 15 is 0 Å². The van der Waals surface area contributed by atoms with Crippen molar-refractivity contribution < 1.29 is 4.74 Å². The van der Waals surface area contributed by atoms with Crippen LogP contribution in [0.2, 0.25) is 0 Å². The normalized spacial score (nSPS) is 37.8. The van der Waals surface area contributed by atoms with Crippen molar-refractivity contribution in [3.63, 3.8) is 0 Å². The molecule has 0 spiro atoms. The molecule has 4 heteroatoms. The summed E-state index contributed by atoms with van der Waals surface area (Å²) in [7, 11) is 0. The number of benzene rings is 2. The summed E-state index contributed by atoms with van der Waals surface area (Å²) in [5.41, 5.74) is 9.09. The van der Waals surface area contributed by atoms with E-state index in [-0.39, 0.29) is 10.8 Å². The minimum atomic E-state index is 0.119. The maximum Gasteiger partial charge on any atom is 0.0818 e. The minimum Gasteiger partial charge on any atom is -0.376 e. The van der Waals surface area contributed by atoms with Crippen LogP contribution in [0.1, 0.15) is 68.9 Å². The van der Waals surface area contributed by atoms with Crippen LogP contribution in [0.15, 0.2) is 60.7 Å². The first kappa shape index (κ1) is 23.6. The van der Waals surface area contributed by atoms with Crippen LogP contribution < -0.4 is 11.1 Å². The molecule has 0 saturated heterocycles. The first-order valence-corrected chi connectivity index (χ1v) is 14.2. The quantitative estimate of drug-likeness (QED) is 0.459. The van der Waals surface area contributed by atoms with Gasteiger partial charge in [-0.15, -0.1) is 0 Å². The lowest BCUT2D eigenvalue weighted by Crippen LogP contribution is -2.64. The van der Waals surface area contributed by atoms with Crippen molar-refractivity contribution in [2.45, 2.75) is 82.0 Å². The number of nitrogens with one attached hydrogen (secondary N) is 1. The second-order valence-electron chi connectivity index (χ2n) is 12.1. The molecular formula is C31H40N2OS. The summed E-state index contributed by atoms with van der Waals surface area (Å²) in [6, 6.07) is 22.5. The van der Waals surface area contributed by atoms with Crippen molar-refractivity contribution in [3.05, 3.63) is 71.8 Å². The van der Waals surface area contributed by atoms with Crippen molar-refractivity contribution in [1.82, 2.24) is 5.32 Å². The highest BCUT2D eigenvalue weighted by Gasteiger charge is 2.63. The fraction of sp³-hybridized carbons (Fsp3) is 0.581. The molecule has 2 aromatic carbocycles. The van der Waals surface area contributed by atoms with Gasteiger partial charge in [-0.2, -0.15) is 0 Å². The summed E-state index contributed by atoms with van der Waals surface area (Å²) in [6.07, 6.45) is 11.3. The van der Waals surface area contributed by atoms with Crippen molar-refractivity contribution in [2.24, 2.45) is 28.9 Å². The molecule has 4 bridgehead atoms. The molecule has 35 heavy (non-hydrogen) atoms. The van der Waals surface area contributed by atoms with E-state index < -0.39 is 0 Å². The maximum atomic E-state index is 6.71. The highest BCUT2D eigenvalue weighted by molar-refractivity contribution is 7.80. The largest absolute Gasteiger partial charge is 0.376 e. The molecule has 0 radical (unpaired) electrons. The number of rotatable bonds is 7. The molecule has 2 atom stereocenters. The molecular weight excluding hydrogens is 448 g/mol. The van der Waals surface area contributed by atoms with E-state index in [2.05, 4.69) is 66.0 Å². The molecule has 5 fully saturated rings. The molecule has 7 rings (SSSR count). The molecule has 5 saturated carbocycles. The van der Waals surface area contributed by atoms with Gasteiger partial charge in [-0.1, -0.05) is 72.9 Å². The number of thiocarbonyl (C=S) groups is 1. The van der Waals surface area contributed by atoms with Gasteiger partial charge < -0.3 is 15.8 Å². The predicted octanol–water partition coefficient (Wildman–Crippen LogP) is 6.15. The third kappa shape index (κ3) is 4.47. The van der Waals surface area contributed by atoms with Crippen molar-refractivity contribution in [2.75, 3.05) is 6.54 Å². The lowest BCUT2D eigenvalue weighted by molar-refractivity contribution is -0.155. The highest BCUT2D eigenvalue weighted by Crippen LogP contribution is 2.66. The molecule has 5 aliphatic rings.